The maximum atomic E-state index is 12.9. The fourth-order valence-corrected chi connectivity index (χ4v) is 5.74. The van der Waals surface area contributed by atoms with E-state index in [4.69, 9.17) is 4.42 Å². The second kappa shape index (κ2) is 9.12. The van der Waals surface area contributed by atoms with Crippen LogP contribution in [0.5, 0.6) is 0 Å². The Labute approximate surface area is 197 Å². The summed E-state index contributed by atoms with van der Waals surface area (Å²) in [4.78, 5) is 28.3. The van der Waals surface area contributed by atoms with Gasteiger partial charge < -0.3 is 9.73 Å². The number of nitrogens with one attached hydrogen (secondary N) is 1. The molecule has 2 aromatic heterocycles. The molecule has 0 bridgehead atoms. The molecule has 1 N–H and O–H groups in total. The van der Waals surface area contributed by atoms with Gasteiger partial charge in [0, 0.05) is 18.5 Å². The second-order valence-electron chi connectivity index (χ2n) is 9.16. The van der Waals surface area contributed by atoms with Crippen molar-refractivity contribution in [2.45, 2.75) is 33.2 Å². The molecular formula is C27H28N2O3S. The van der Waals surface area contributed by atoms with Crippen molar-refractivity contribution in [3.05, 3.63) is 80.5 Å². The van der Waals surface area contributed by atoms with Gasteiger partial charge in [0.1, 0.15) is 5.58 Å². The minimum Gasteiger partial charge on any atom is -0.422 e. The van der Waals surface area contributed by atoms with Gasteiger partial charge >= 0.3 is 5.63 Å². The van der Waals surface area contributed by atoms with Gasteiger partial charge in [0.05, 0.1) is 15.0 Å². The summed E-state index contributed by atoms with van der Waals surface area (Å²) in [7, 11) is 0. The topological polar surface area (TPSA) is 62.6 Å². The average molecular weight is 461 g/mol. The van der Waals surface area contributed by atoms with E-state index < -0.39 is 5.63 Å². The zero-order valence-electron chi connectivity index (χ0n) is 19.0. The van der Waals surface area contributed by atoms with E-state index in [9.17, 15) is 9.59 Å². The number of rotatable bonds is 5. The van der Waals surface area contributed by atoms with Crippen molar-refractivity contribution in [3.63, 3.8) is 0 Å². The molecule has 1 amide bonds. The zero-order valence-corrected chi connectivity index (χ0v) is 19.8. The number of amides is 1. The molecular weight excluding hydrogens is 432 g/mol. The molecule has 5 nitrogen and oxygen atoms in total. The lowest BCUT2D eigenvalue weighted by Gasteiger charge is -2.32. The third-order valence-corrected chi connectivity index (χ3v) is 7.67. The fraction of sp³-hybridized carbons (Fsp3) is 0.333. The Morgan fingerprint density at radius 2 is 1.85 bits per heavy atom. The first-order valence-electron chi connectivity index (χ1n) is 11.5. The number of benzene rings is 2. The van der Waals surface area contributed by atoms with Crippen LogP contribution >= 0.6 is 11.3 Å². The van der Waals surface area contributed by atoms with E-state index in [0.717, 1.165) is 48.1 Å². The van der Waals surface area contributed by atoms with Crippen LogP contribution in [0.4, 0.5) is 0 Å². The zero-order chi connectivity index (χ0) is 22.9. The van der Waals surface area contributed by atoms with E-state index >= 15 is 0 Å². The summed E-state index contributed by atoms with van der Waals surface area (Å²) in [5, 5.41) is 4.46. The first kappa shape index (κ1) is 21.9. The molecule has 1 fully saturated rings. The summed E-state index contributed by atoms with van der Waals surface area (Å²) in [5.74, 6) is 0.365. The quantitative estimate of drug-likeness (QED) is 0.412. The van der Waals surface area contributed by atoms with Crippen LogP contribution in [0, 0.1) is 19.8 Å². The van der Waals surface area contributed by atoms with Crippen LogP contribution in [0.25, 0.3) is 21.1 Å². The molecule has 1 saturated heterocycles. The van der Waals surface area contributed by atoms with Crippen LogP contribution in [-0.2, 0) is 6.54 Å². The van der Waals surface area contributed by atoms with Gasteiger partial charge in [0.2, 0.25) is 0 Å². The van der Waals surface area contributed by atoms with Crippen molar-refractivity contribution in [1.82, 2.24) is 10.2 Å². The van der Waals surface area contributed by atoms with Gasteiger partial charge in [-0.3, -0.25) is 9.69 Å². The lowest BCUT2D eigenvalue weighted by Crippen LogP contribution is -2.38. The molecule has 3 heterocycles. The standard InChI is InChI=1S/C27H28N2O3S/c1-17-4-3-5-20(12-17)16-29-10-8-19(9-11-29)15-28-26(30)24-14-22-25(33-24)21-13-18(2)6-7-23(21)32-27(22)31/h3-7,12-14,19H,8-11,15-16H2,1-2H3,(H,28,30). The number of aryl methyl sites for hydroxylation is 2. The number of piperidine rings is 1. The summed E-state index contributed by atoms with van der Waals surface area (Å²) in [6.07, 6.45) is 2.15. The summed E-state index contributed by atoms with van der Waals surface area (Å²) in [6.45, 7) is 7.88. The first-order chi connectivity index (χ1) is 16.0. The lowest BCUT2D eigenvalue weighted by molar-refractivity contribution is 0.0939. The number of fused-ring (bicyclic) bond motifs is 3. The number of nitrogens with zero attached hydrogens (tertiary/aromatic N) is 1. The van der Waals surface area contributed by atoms with Gasteiger partial charge in [-0.15, -0.1) is 11.3 Å². The SMILES string of the molecule is Cc1cccc(CN2CCC(CNC(=O)c3cc4c(=O)oc5ccc(C)cc5c4s3)CC2)c1. The predicted octanol–water partition coefficient (Wildman–Crippen LogP) is 5.27. The van der Waals surface area contributed by atoms with Gasteiger partial charge in [-0.25, -0.2) is 4.79 Å². The van der Waals surface area contributed by atoms with Gasteiger partial charge in [0.15, 0.2) is 0 Å². The van der Waals surface area contributed by atoms with Crippen molar-refractivity contribution < 1.29 is 9.21 Å². The molecule has 4 aromatic rings. The third kappa shape index (κ3) is 4.72. The largest absolute Gasteiger partial charge is 0.422 e. The Morgan fingerprint density at radius 1 is 1.06 bits per heavy atom. The molecule has 0 unspecified atom stereocenters. The van der Waals surface area contributed by atoms with Gasteiger partial charge in [-0.05, 0) is 69.5 Å². The fourth-order valence-electron chi connectivity index (χ4n) is 4.66. The molecule has 5 rings (SSSR count). The molecule has 1 aliphatic heterocycles. The molecule has 0 atom stereocenters. The minimum absolute atomic E-state index is 0.112. The van der Waals surface area contributed by atoms with E-state index in [1.165, 1.54) is 22.5 Å². The highest BCUT2D eigenvalue weighted by atomic mass is 32.1. The molecule has 0 radical (unpaired) electrons. The normalized spacial score (nSPS) is 15.3. The highest BCUT2D eigenvalue weighted by Crippen LogP contribution is 2.31. The third-order valence-electron chi connectivity index (χ3n) is 6.51. The number of thiophene rings is 1. The number of hydrogen-bond donors (Lipinski definition) is 1. The van der Waals surface area contributed by atoms with E-state index in [2.05, 4.69) is 41.4 Å². The molecule has 0 aliphatic carbocycles. The maximum Gasteiger partial charge on any atom is 0.345 e. The summed E-state index contributed by atoms with van der Waals surface area (Å²) in [5.41, 5.74) is 3.92. The number of hydrogen-bond acceptors (Lipinski definition) is 5. The Kier molecular flexibility index (Phi) is 6.04. The van der Waals surface area contributed by atoms with Crippen molar-refractivity contribution in [2.75, 3.05) is 19.6 Å². The summed E-state index contributed by atoms with van der Waals surface area (Å²) >= 11 is 1.37. The Morgan fingerprint density at radius 3 is 2.64 bits per heavy atom. The molecule has 0 saturated carbocycles. The monoisotopic (exact) mass is 460 g/mol. The van der Waals surface area contributed by atoms with Crippen molar-refractivity contribution in [2.24, 2.45) is 5.92 Å². The Bertz CT molecular complexity index is 1380. The van der Waals surface area contributed by atoms with Gasteiger partial charge in [0.25, 0.3) is 5.91 Å². The number of carbonyl (C=O) groups excluding carboxylic acids is 1. The van der Waals surface area contributed by atoms with E-state index in [0.29, 0.717) is 28.3 Å². The molecule has 33 heavy (non-hydrogen) atoms. The van der Waals surface area contributed by atoms with E-state index in [1.54, 1.807) is 6.07 Å². The number of carbonyl (C=O) groups is 1. The average Bonchev–Trinajstić information content (AvgIpc) is 3.26. The van der Waals surface area contributed by atoms with Crippen molar-refractivity contribution in [3.8, 4) is 0 Å². The molecule has 1 aliphatic rings. The van der Waals surface area contributed by atoms with E-state index in [-0.39, 0.29) is 5.91 Å². The summed E-state index contributed by atoms with van der Waals surface area (Å²) < 4.78 is 6.27. The van der Waals surface area contributed by atoms with Crippen LogP contribution in [-0.4, -0.2) is 30.4 Å². The van der Waals surface area contributed by atoms with E-state index in [1.807, 2.05) is 25.1 Å². The maximum absolute atomic E-state index is 12.9. The summed E-state index contributed by atoms with van der Waals surface area (Å²) in [6, 6.07) is 16.1. The van der Waals surface area contributed by atoms with Crippen LogP contribution in [0.3, 0.4) is 0 Å². The van der Waals surface area contributed by atoms with Crippen molar-refractivity contribution in [1.29, 1.82) is 0 Å². The highest BCUT2D eigenvalue weighted by Gasteiger charge is 2.21. The smallest absolute Gasteiger partial charge is 0.345 e. The van der Waals surface area contributed by atoms with Crippen LogP contribution in [0.1, 0.15) is 39.2 Å². The molecule has 0 spiro atoms. The van der Waals surface area contributed by atoms with Gasteiger partial charge in [-0.1, -0.05) is 41.5 Å². The van der Waals surface area contributed by atoms with Crippen molar-refractivity contribution >= 4 is 38.3 Å². The predicted molar refractivity (Wildman–Crippen MR) is 134 cm³/mol. The van der Waals surface area contributed by atoms with Crippen LogP contribution < -0.4 is 10.9 Å². The molecule has 6 heteroatoms. The highest BCUT2D eigenvalue weighted by molar-refractivity contribution is 7.21. The second-order valence-corrected chi connectivity index (χ2v) is 10.2. The Hall–Kier alpha value is -2.96. The minimum atomic E-state index is -0.391. The van der Waals surface area contributed by atoms with Crippen LogP contribution in [0.2, 0.25) is 0 Å². The molecule has 170 valence electrons. The first-order valence-corrected chi connectivity index (χ1v) is 12.3. The lowest BCUT2D eigenvalue weighted by atomic mass is 9.96. The molecule has 2 aromatic carbocycles. The van der Waals surface area contributed by atoms with Crippen LogP contribution in [0.15, 0.2) is 57.7 Å². The Balaban J connectivity index is 1.21. The van der Waals surface area contributed by atoms with Gasteiger partial charge in [-0.2, -0.15) is 0 Å². The number of likely N-dealkylation sites (tertiary alicyclic amines) is 1.